The second kappa shape index (κ2) is 6.20. The Morgan fingerprint density at radius 1 is 1.36 bits per heavy atom. The number of nitrogens with two attached hydrogens (primary N) is 1. The van der Waals surface area contributed by atoms with Crippen molar-refractivity contribution in [3.8, 4) is 0 Å². The highest BCUT2D eigenvalue weighted by Gasteiger charge is 2.39. The van der Waals surface area contributed by atoms with E-state index in [1.807, 2.05) is 18.7 Å². The predicted octanol–water partition coefficient (Wildman–Crippen LogP) is 0.740. The zero-order valence-corrected chi connectivity index (χ0v) is 13.5. The molecule has 1 aromatic rings. The molecule has 120 valence electrons. The van der Waals surface area contributed by atoms with E-state index in [1.54, 1.807) is 6.33 Å². The van der Waals surface area contributed by atoms with Crippen LogP contribution in [-0.2, 0) is 17.6 Å². The third-order valence-electron chi connectivity index (χ3n) is 4.82. The minimum Gasteiger partial charge on any atom is -0.343 e. The van der Waals surface area contributed by atoms with E-state index in [-0.39, 0.29) is 18.0 Å². The van der Waals surface area contributed by atoms with E-state index in [4.69, 9.17) is 5.73 Å². The van der Waals surface area contributed by atoms with Gasteiger partial charge in [-0.05, 0) is 39.5 Å². The average molecular weight is 303 g/mol. The van der Waals surface area contributed by atoms with Crippen molar-refractivity contribution in [3.05, 3.63) is 17.6 Å². The average Bonchev–Trinajstić information content (AvgIpc) is 3.14. The number of aromatic nitrogens is 2. The lowest BCUT2D eigenvalue weighted by atomic mass is 10.1. The van der Waals surface area contributed by atoms with Crippen molar-refractivity contribution in [2.75, 3.05) is 24.5 Å². The number of amides is 1. The Bertz CT molecular complexity index is 557. The van der Waals surface area contributed by atoms with Gasteiger partial charge in [-0.15, -0.1) is 0 Å². The number of carbonyl (C=O) groups excluding carboxylic acids is 1. The number of hydrogen-bond acceptors (Lipinski definition) is 5. The molecule has 2 atom stereocenters. The first-order valence-electron chi connectivity index (χ1n) is 8.29. The first-order chi connectivity index (χ1) is 10.7. The van der Waals surface area contributed by atoms with Crippen LogP contribution in [0.3, 0.4) is 0 Å². The molecule has 0 bridgehead atoms. The van der Waals surface area contributed by atoms with Gasteiger partial charge in [-0.25, -0.2) is 9.97 Å². The van der Waals surface area contributed by atoms with Gasteiger partial charge in [0.2, 0.25) is 5.91 Å². The number of fused-ring (bicyclic) bond motifs is 1. The largest absolute Gasteiger partial charge is 0.343 e. The van der Waals surface area contributed by atoms with E-state index in [9.17, 15) is 4.79 Å². The van der Waals surface area contributed by atoms with Crippen LogP contribution in [0.1, 0.15) is 37.9 Å². The summed E-state index contributed by atoms with van der Waals surface area (Å²) in [6.45, 7) is 6.20. The molecular formula is C16H25N5O. The Balaban J connectivity index is 1.92. The van der Waals surface area contributed by atoms with Crippen LogP contribution in [0.2, 0.25) is 0 Å². The fraction of sp³-hybridized carbons (Fsp3) is 0.688. The Morgan fingerprint density at radius 2 is 2.14 bits per heavy atom. The van der Waals surface area contributed by atoms with E-state index in [0.29, 0.717) is 13.0 Å². The maximum Gasteiger partial charge on any atom is 0.245 e. The summed E-state index contributed by atoms with van der Waals surface area (Å²) in [6.07, 6.45) is 5.47. The zero-order chi connectivity index (χ0) is 15.7. The molecule has 22 heavy (non-hydrogen) atoms. The monoisotopic (exact) mass is 303 g/mol. The van der Waals surface area contributed by atoms with Gasteiger partial charge in [0.15, 0.2) is 0 Å². The molecule has 1 saturated heterocycles. The molecule has 1 aromatic heterocycles. The first-order valence-corrected chi connectivity index (χ1v) is 8.29. The van der Waals surface area contributed by atoms with Gasteiger partial charge in [0.1, 0.15) is 18.2 Å². The molecule has 2 N–H and O–H groups in total. The van der Waals surface area contributed by atoms with Gasteiger partial charge in [0.25, 0.3) is 0 Å². The highest BCUT2D eigenvalue weighted by molar-refractivity contribution is 5.86. The second-order valence-electron chi connectivity index (χ2n) is 6.15. The molecule has 0 aromatic carbocycles. The Hall–Kier alpha value is -1.69. The van der Waals surface area contributed by atoms with Gasteiger partial charge >= 0.3 is 0 Å². The molecule has 0 spiro atoms. The van der Waals surface area contributed by atoms with E-state index in [0.717, 1.165) is 43.9 Å². The van der Waals surface area contributed by atoms with E-state index in [2.05, 4.69) is 14.9 Å². The van der Waals surface area contributed by atoms with Crippen molar-refractivity contribution in [1.29, 1.82) is 0 Å². The molecule has 2 heterocycles. The molecule has 1 amide bonds. The Morgan fingerprint density at radius 3 is 2.86 bits per heavy atom. The number of anilines is 1. The van der Waals surface area contributed by atoms with Crippen LogP contribution in [0, 0.1) is 0 Å². The van der Waals surface area contributed by atoms with Crippen LogP contribution in [0.25, 0.3) is 0 Å². The van der Waals surface area contributed by atoms with Crippen molar-refractivity contribution in [2.45, 2.75) is 51.6 Å². The minimum absolute atomic E-state index is 0.0246. The number of rotatable bonds is 4. The summed E-state index contributed by atoms with van der Waals surface area (Å²) in [5, 5.41) is 0. The number of carbonyl (C=O) groups is 1. The summed E-state index contributed by atoms with van der Waals surface area (Å²) >= 11 is 0. The maximum absolute atomic E-state index is 12.8. The molecular weight excluding hydrogens is 278 g/mol. The Kier molecular flexibility index (Phi) is 4.29. The lowest BCUT2D eigenvalue weighted by molar-refractivity contribution is -0.132. The van der Waals surface area contributed by atoms with Crippen molar-refractivity contribution < 1.29 is 4.79 Å². The molecule has 6 nitrogen and oxygen atoms in total. The zero-order valence-electron chi connectivity index (χ0n) is 13.5. The lowest BCUT2D eigenvalue weighted by Crippen LogP contribution is -2.46. The fourth-order valence-corrected chi connectivity index (χ4v) is 3.67. The minimum atomic E-state index is -0.186. The fourth-order valence-electron chi connectivity index (χ4n) is 3.67. The molecule has 1 fully saturated rings. The van der Waals surface area contributed by atoms with Crippen LogP contribution in [-0.4, -0.2) is 52.5 Å². The van der Waals surface area contributed by atoms with E-state index < -0.39 is 0 Å². The predicted molar refractivity (Wildman–Crippen MR) is 85.7 cm³/mol. The van der Waals surface area contributed by atoms with Gasteiger partial charge in [0, 0.05) is 36.9 Å². The van der Waals surface area contributed by atoms with Gasteiger partial charge in [0.05, 0.1) is 0 Å². The third-order valence-corrected chi connectivity index (χ3v) is 4.82. The summed E-state index contributed by atoms with van der Waals surface area (Å²) in [6, 6.07) is -0.161. The molecule has 0 saturated carbocycles. The summed E-state index contributed by atoms with van der Waals surface area (Å²) in [7, 11) is 0. The smallest absolute Gasteiger partial charge is 0.245 e. The maximum atomic E-state index is 12.8. The molecule has 0 radical (unpaired) electrons. The summed E-state index contributed by atoms with van der Waals surface area (Å²) in [5.74, 6) is 1.10. The quantitative estimate of drug-likeness (QED) is 0.888. The number of nitrogens with zero attached hydrogens (tertiary/aromatic N) is 4. The van der Waals surface area contributed by atoms with Crippen LogP contribution in [0.5, 0.6) is 0 Å². The molecule has 2 aliphatic rings. The normalized spacial score (nSPS) is 23.7. The number of likely N-dealkylation sites (N-methyl/N-ethyl adjacent to an activating group) is 1. The molecule has 3 rings (SSSR count). The number of hydrogen-bond donors (Lipinski definition) is 1. The lowest BCUT2D eigenvalue weighted by Gasteiger charge is -2.30. The number of aryl methyl sites for hydroxylation is 1. The van der Waals surface area contributed by atoms with Gasteiger partial charge in [-0.3, -0.25) is 4.79 Å². The topological polar surface area (TPSA) is 75.3 Å². The van der Waals surface area contributed by atoms with Crippen molar-refractivity contribution >= 4 is 11.7 Å². The molecule has 1 aliphatic heterocycles. The first kappa shape index (κ1) is 15.2. The van der Waals surface area contributed by atoms with Gasteiger partial charge in [-0.1, -0.05) is 0 Å². The third kappa shape index (κ3) is 2.56. The summed E-state index contributed by atoms with van der Waals surface area (Å²) in [5.41, 5.74) is 8.52. The van der Waals surface area contributed by atoms with Crippen LogP contribution < -0.4 is 10.6 Å². The molecule has 6 heteroatoms. The second-order valence-corrected chi connectivity index (χ2v) is 6.15. The summed E-state index contributed by atoms with van der Waals surface area (Å²) in [4.78, 5) is 25.7. The van der Waals surface area contributed by atoms with Crippen molar-refractivity contribution in [2.24, 2.45) is 5.73 Å². The molecule has 1 aliphatic carbocycles. The van der Waals surface area contributed by atoms with E-state index in [1.165, 1.54) is 5.56 Å². The van der Waals surface area contributed by atoms with Crippen LogP contribution >= 0.6 is 0 Å². The van der Waals surface area contributed by atoms with Crippen LogP contribution in [0.15, 0.2) is 6.33 Å². The van der Waals surface area contributed by atoms with Crippen molar-refractivity contribution in [3.63, 3.8) is 0 Å². The summed E-state index contributed by atoms with van der Waals surface area (Å²) < 4.78 is 0. The Labute approximate surface area is 131 Å². The van der Waals surface area contributed by atoms with Crippen molar-refractivity contribution in [1.82, 2.24) is 14.9 Å². The highest BCUT2D eigenvalue weighted by Crippen LogP contribution is 2.32. The molecule has 0 unspecified atom stereocenters. The SMILES string of the molecule is CCN(CC)C(=O)[C@@H]1C[C@H](N)CN1c1ncnc2c1CCC2. The standard InChI is InChI=1S/C16H25N5O/c1-3-20(4-2)16(22)14-8-11(17)9-21(14)15-12-6-5-7-13(12)18-10-19-15/h10-11,14H,3-9,17H2,1-2H3/t11-,14-/m0/s1. The van der Waals surface area contributed by atoms with E-state index >= 15 is 0 Å². The van der Waals surface area contributed by atoms with Crippen LogP contribution in [0.4, 0.5) is 5.82 Å². The van der Waals surface area contributed by atoms with Gasteiger partial charge in [-0.2, -0.15) is 0 Å². The highest BCUT2D eigenvalue weighted by atomic mass is 16.2. The van der Waals surface area contributed by atoms with Gasteiger partial charge < -0.3 is 15.5 Å².